The first-order valence-corrected chi connectivity index (χ1v) is 9.16. The summed E-state index contributed by atoms with van der Waals surface area (Å²) >= 11 is 0. The van der Waals surface area contributed by atoms with E-state index in [0.29, 0.717) is 13.1 Å². The molecular formula is C22H23N3O. The molecule has 0 bridgehead atoms. The molecule has 3 aromatic rings. The van der Waals surface area contributed by atoms with Gasteiger partial charge in [0.2, 0.25) is 5.91 Å². The third-order valence-electron chi connectivity index (χ3n) is 5.42. The fourth-order valence-corrected chi connectivity index (χ4v) is 3.73. The van der Waals surface area contributed by atoms with Gasteiger partial charge in [-0.25, -0.2) is 0 Å². The van der Waals surface area contributed by atoms with Crippen LogP contribution in [0, 0.1) is 0 Å². The molecular weight excluding hydrogens is 322 g/mol. The monoisotopic (exact) mass is 345 g/mol. The van der Waals surface area contributed by atoms with E-state index in [-0.39, 0.29) is 11.3 Å². The van der Waals surface area contributed by atoms with E-state index in [4.69, 9.17) is 0 Å². The first-order chi connectivity index (χ1) is 12.8. The molecule has 0 unspecified atom stereocenters. The van der Waals surface area contributed by atoms with Crippen LogP contribution >= 0.6 is 0 Å². The van der Waals surface area contributed by atoms with Gasteiger partial charge in [0.05, 0.1) is 12.0 Å². The van der Waals surface area contributed by atoms with Crippen molar-refractivity contribution in [1.29, 1.82) is 0 Å². The van der Waals surface area contributed by atoms with E-state index in [0.717, 1.165) is 30.4 Å². The Morgan fingerprint density at radius 1 is 1.00 bits per heavy atom. The molecule has 0 spiro atoms. The Morgan fingerprint density at radius 3 is 2.38 bits per heavy atom. The lowest BCUT2D eigenvalue weighted by atomic mass is 9.64. The lowest BCUT2D eigenvalue weighted by Gasteiger charge is -2.40. The molecule has 4 nitrogen and oxygen atoms in total. The number of hydrogen-bond donors (Lipinski definition) is 1. The van der Waals surface area contributed by atoms with Crippen LogP contribution in [0.4, 0.5) is 0 Å². The molecule has 1 saturated carbocycles. The van der Waals surface area contributed by atoms with Crippen molar-refractivity contribution < 1.29 is 4.79 Å². The van der Waals surface area contributed by atoms with Crippen molar-refractivity contribution in [3.05, 3.63) is 89.7 Å². The SMILES string of the molecule is O=C(NCc1ccccc1Cn1cccn1)C1(c2ccccc2)CCC1. The highest BCUT2D eigenvalue weighted by Crippen LogP contribution is 2.43. The quantitative estimate of drug-likeness (QED) is 0.741. The number of carbonyl (C=O) groups is 1. The van der Waals surface area contributed by atoms with Crippen LogP contribution in [-0.2, 0) is 23.3 Å². The average Bonchev–Trinajstić information content (AvgIpc) is 3.14. The molecule has 132 valence electrons. The number of hydrogen-bond acceptors (Lipinski definition) is 2. The lowest BCUT2D eigenvalue weighted by molar-refractivity contribution is -0.130. The van der Waals surface area contributed by atoms with E-state index in [1.54, 1.807) is 6.20 Å². The van der Waals surface area contributed by atoms with Crippen molar-refractivity contribution in [3.63, 3.8) is 0 Å². The van der Waals surface area contributed by atoms with Crippen molar-refractivity contribution in [2.45, 2.75) is 37.8 Å². The summed E-state index contributed by atoms with van der Waals surface area (Å²) in [6.45, 7) is 1.26. The van der Waals surface area contributed by atoms with Gasteiger partial charge >= 0.3 is 0 Å². The predicted octanol–water partition coefficient (Wildman–Crippen LogP) is 3.67. The number of aromatic nitrogens is 2. The highest BCUT2D eigenvalue weighted by Gasteiger charge is 2.45. The Morgan fingerprint density at radius 2 is 1.73 bits per heavy atom. The molecule has 1 aliphatic carbocycles. The van der Waals surface area contributed by atoms with Crippen molar-refractivity contribution >= 4 is 5.91 Å². The average molecular weight is 345 g/mol. The number of rotatable bonds is 6. The van der Waals surface area contributed by atoms with Crippen molar-refractivity contribution in [2.75, 3.05) is 0 Å². The van der Waals surface area contributed by atoms with Crippen LogP contribution < -0.4 is 5.32 Å². The maximum atomic E-state index is 13.0. The summed E-state index contributed by atoms with van der Waals surface area (Å²) in [7, 11) is 0. The largest absolute Gasteiger partial charge is 0.351 e. The van der Waals surface area contributed by atoms with Crippen molar-refractivity contribution in [2.24, 2.45) is 0 Å². The summed E-state index contributed by atoms with van der Waals surface area (Å²) in [5.74, 6) is 0.142. The van der Waals surface area contributed by atoms with Crippen LogP contribution in [0.2, 0.25) is 0 Å². The maximum Gasteiger partial charge on any atom is 0.230 e. The molecule has 1 N–H and O–H groups in total. The van der Waals surface area contributed by atoms with Gasteiger partial charge < -0.3 is 5.32 Å². The zero-order chi connectivity index (χ0) is 17.8. The molecule has 1 heterocycles. The molecule has 1 aliphatic rings. The van der Waals surface area contributed by atoms with Gasteiger partial charge in [-0.15, -0.1) is 0 Å². The minimum Gasteiger partial charge on any atom is -0.351 e. The van der Waals surface area contributed by atoms with Gasteiger partial charge in [0.25, 0.3) is 0 Å². The number of nitrogens with zero attached hydrogens (tertiary/aromatic N) is 2. The molecule has 2 aromatic carbocycles. The highest BCUT2D eigenvalue weighted by atomic mass is 16.2. The predicted molar refractivity (Wildman–Crippen MR) is 102 cm³/mol. The molecule has 1 aromatic heterocycles. The van der Waals surface area contributed by atoms with Crippen LogP contribution in [-0.4, -0.2) is 15.7 Å². The van der Waals surface area contributed by atoms with E-state index >= 15 is 0 Å². The summed E-state index contributed by atoms with van der Waals surface area (Å²) in [4.78, 5) is 13.0. The van der Waals surface area contributed by atoms with Crippen LogP contribution in [0.1, 0.15) is 36.0 Å². The number of benzene rings is 2. The smallest absolute Gasteiger partial charge is 0.230 e. The van der Waals surface area contributed by atoms with E-state index in [1.807, 2.05) is 47.3 Å². The number of nitrogens with one attached hydrogen (secondary N) is 1. The minimum atomic E-state index is -0.349. The maximum absolute atomic E-state index is 13.0. The van der Waals surface area contributed by atoms with E-state index < -0.39 is 0 Å². The lowest BCUT2D eigenvalue weighted by Crippen LogP contribution is -2.49. The summed E-state index contributed by atoms with van der Waals surface area (Å²) in [6.07, 6.45) is 6.70. The fourth-order valence-electron chi connectivity index (χ4n) is 3.73. The normalized spacial score (nSPS) is 15.2. The molecule has 1 fully saturated rings. The minimum absolute atomic E-state index is 0.142. The van der Waals surface area contributed by atoms with Gasteiger partial charge in [0.1, 0.15) is 0 Å². The molecule has 4 heteroatoms. The van der Waals surface area contributed by atoms with Gasteiger partial charge in [-0.1, -0.05) is 61.0 Å². The summed E-state index contributed by atoms with van der Waals surface area (Å²) < 4.78 is 1.90. The topological polar surface area (TPSA) is 46.9 Å². The first kappa shape index (κ1) is 16.6. The van der Waals surface area contributed by atoms with E-state index in [2.05, 4.69) is 34.7 Å². The second kappa shape index (κ2) is 7.16. The Bertz CT molecular complexity index is 867. The van der Waals surface area contributed by atoms with Crippen LogP contribution in [0.25, 0.3) is 0 Å². The summed E-state index contributed by atoms with van der Waals surface area (Å²) in [6, 6.07) is 20.3. The van der Waals surface area contributed by atoms with Gasteiger partial charge in [-0.05, 0) is 35.6 Å². The molecule has 0 saturated heterocycles. The van der Waals surface area contributed by atoms with Gasteiger partial charge in [0, 0.05) is 18.9 Å². The Hall–Kier alpha value is -2.88. The Balaban J connectivity index is 1.48. The molecule has 26 heavy (non-hydrogen) atoms. The van der Waals surface area contributed by atoms with Crippen LogP contribution in [0.15, 0.2) is 73.1 Å². The van der Waals surface area contributed by atoms with Crippen LogP contribution in [0.5, 0.6) is 0 Å². The molecule has 1 amide bonds. The first-order valence-electron chi connectivity index (χ1n) is 9.16. The third-order valence-corrected chi connectivity index (χ3v) is 5.42. The van der Waals surface area contributed by atoms with Gasteiger partial charge in [0.15, 0.2) is 0 Å². The molecule has 0 radical (unpaired) electrons. The summed E-state index contributed by atoms with van der Waals surface area (Å²) in [5.41, 5.74) is 3.10. The second-order valence-electron chi connectivity index (χ2n) is 6.96. The van der Waals surface area contributed by atoms with Gasteiger partial charge in [-0.3, -0.25) is 9.48 Å². The summed E-state index contributed by atoms with van der Waals surface area (Å²) in [5, 5.41) is 7.47. The number of carbonyl (C=O) groups excluding carboxylic acids is 1. The van der Waals surface area contributed by atoms with E-state index in [9.17, 15) is 4.79 Å². The van der Waals surface area contributed by atoms with Crippen molar-refractivity contribution in [3.8, 4) is 0 Å². The Kier molecular flexibility index (Phi) is 4.57. The zero-order valence-corrected chi connectivity index (χ0v) is 14.8. The van der Waals surface area contributed by atoms with Gasteiger partial charge in [-0.2, -0.15) is 5.10 Å². The third kappa shape index (κ3) is 3.15. The van der Waals surface area contributed by atoms with Crippen molar-refractivity contribution in [1.82, 2.24) is 15.1 Å². The molecule has 0 atom stereocenters. The second-order valence-corrected chi connectivity index (χ2v) is 6.96. The number of amides is 1. The Labute approximate surface area is 153 Å². The highest BCUT2D eigenvalue weighted by molar-refractivity contribution is 5.89. The van der Waals surface area contributed by atoms with E-state index in [1.165, 1.54) is 5.56 Å². The zero-order valence-electron chi connectivity index (χ0n) is 14.8. The fraction of sp³-hybridized carbons (Fsp3) is 0.273. The standard InChI is InChI=1S/C22H23N3O/c26-21(22(12-6-13-22)20-10-2-1-3-11-20)23-16-18-8-4-5-9-19(18)17-25-15-7-14-24-25/h1-5,7-11,14-15H,6,12-13,16-17H2,(H,23,26). The van der Waals surface area contributed by atoms with Crippen LogP contribution in [0.3, 0.4) is 0 Å². The molecule has 4 rings (SSSR count). The molecule has 0 aliphatic heterocycles.